The molecule has 21 heavy (non-hydrogen) atoms. The highest BCUT2D eigenvalue weighted by Crippen LogP contribution is 2.32. The number of nitrogens with zero attached hydrogens (tertiary/aromatic N) is 1. The molecule has 1 amide bonds. The number of carbonyl (C=O) groups excluding carboxylic acids is 1. The van der Waals surface area contributed by atoms with Crippen molar-refractivity contribution in [2.24, 2.45) is 0 Å². The number of carbonyl (C=O) groups is 2. The summed E-state index contributed by atoms with van der Waals surface area (Å²) in [4.78, 5) is 25.6. The Morgan fingerprint density at radius 3 is 2.48 bits per heavy atom. The van der Waals surface area contributed by atoms with Gasteiger partial charge in [-0.3, -0.25) is 4.79 Å². The zero-order chi connectivity index (χ0) is 15.6. The number of hydrogen-bond donors (Lipinski definition) is 1. The van der Waals surface area contributed by atoms with Crippen molar-refractivity contribution < 1.29 is 19.4 Å². The molecule has 0 radical (unpaired) electrons. The maximum Gasteiger partial charge on any atom is 0.332 e. The summed E-state index contributed by atoms with van der Waals surface area (Å²) in [5.74, 6) is -1.47. The molecule has 1 aliphatic heterocycles. The van der Waals surface area contributed by atoms with E-state index in [9.17, 15) is 14.7 Å². The zero-order valence-corrected chi connectivity index (χ0v) is 12.9. The van der Waals surface area contributed by atoms with Gasteiger partial charge in [-0.05, 0) is 31.0 Å². The Hall–Kier alpha value is -1.30. The van der Waals surface area contributed by atoms with Gasteiger partial charge in [-0.2, -0.15) is 0 Å². The maximum absolute atomic E-state index is 12.6. The van der Waals surface area contributed by atoms with Gasteiger partial charge in [0.05, 0.1) is 6.61 Å². The number of rotatable bonds is 4. The SMILES string of the molecule is COCC1(C(=O)O)CCCN1C(=O)c1cc(Cl)cc(Cl)c1. The number of halogens is 2. The molecular formula is C14H15Cl2NO4. The van der Waals surface area contributed by atoms with E-state index in [1.165, 1.54) is 30.2 Å². The van der Waals surface area contributed by atoms with E-state index in [0.717, 1.165) is 0 Å². The summed E-state index contributed by atoms with van der Waals surface area (Å²) in [6, 6.07) is 4.48. The molecule has 0 saturated carbocycles. The van der Waals surface area contributed by atoms with Gasteiger partial charge in [-0.1, -0.05) is 23.2 Å². The molecule has 0 spiro atoms. The summed E-state index contributed by atoms with van der Waals surface area (Å²) in [6.45, 7) is 0.307. The first kappa shape index (κ1) is 16.1. The second kappa shape index (κ2) is 6.22. The molecule has 1 saturated heterocycles. The van der Waals surface area contributed by atoms with Crippen LogP contribution >= 0.6 is 23.2 Å². The minimum absolute atomic E-state index is 0.0532. The third kappa shape index (κ3) is 3.00. The minimum Gasteiger partial charge on any atom is -0.479 e. The number of carboxylic acid groups (broad SMARTS) is 1. The number of methoxy groups -OCH3 is 1. The number of aliphatic carboxylic acids is 1. The predicted octanol–water partition coefficient (Wildman–Crippen LogP) is 2.70. The lowest BCUT2D eigenvalue weighted by atomic mass is 9.96. The molecule has 1 N–H and O–H groups in total. The van der Waals surface area contributed by atoms with Gasteiger partial charge in [0, 0.05) is 29.3 Å². The molecule has 1 atom stereocenters. The van der Waals surface area contributed by atoms with Crippen molar-refractivity contribution >= 4 is 35.1 Å². The topological polar surface area (TPSA) is 66.8 Å². The smallest absolute Gasteiger partial charge is 0.332 e. The standard InChI is InChI=1S/C14H15Cl2NO4/c1-21-8-14(13(19)20)3-2-4-17(14)12(18)9-5-10(15)7-11(16)6-9/h5-7H,2-4,8H2,1H3,(H,19,20). The highest BCUT2D eigenvalue weighted by atomic mass is 35.5. The lowest BCUT2D eigenvalue weighted by molar-refractivity contribution is -0.151. The second-order valence-electron chi connectivity index (χ2n) is 4.99. The summed E-state index contributed by atoms with van der Waals surface area (Å²) >= 11 is 11.8. The van der Waals surface area contributed by atoms with Crippen LogP contribution in [0.1, 0.15) is 23.2 Å². The molecule has 1 aromatic carbocycles. The quantitative estimate of drug-likeness (QED) is 0.921. The molecule has 0 bridgehead atoms. The Kier molecular flexibility index (Phi) is 4.76. The van der Waals surface area contributed by atoms with E-state index in [0.29, 0.717) is 29.4 Å². The van der Waals surface area contributed by atoms with Crippen LogP contribution in [0.5, 0.6) is 0 Å². The van der Waals surface area contributed by atoms with E-state index in [1.54, 1.807) is 0 Å². The van der Waals surface area contributed by atoms with Crippen molar-refractivity contribution in [1.82, 2.24) is 4.90 Å². The lowest BCUT2D eigenvalue weighted by Crippen LogP contribution is -2.56. The molecule has 7 heteroatoms. The molecule has 1 aliphatic rings. The van der Waals surface area contributed by atoms with Crippen molar-refractivity contribution in [3.8, 4) is 0 Å². The van der Waals surface area contributed by atoms with Gasteiger partial charge in [0.15, 0.2) is 5.54 Å². The average molecular weight is 332 g/mol. The lowest BCUT2D eigenvalue weighted by Gasteiger charge is -2.34. The van der Waals surface area contributed by atoms with Crippen LogP contribution in [0.2, 0.25) is 10.0 Å². The Balaban J connectivity index is 2.38. The van der Waals surface area contributed by atoms with E-state index in [-0.39, 0.29) is 12.2 Å². The van der Waals surface area contributed by atoms with Crippen molar-refractivity contribution in [2.75, 3.05) is 20.3 Å². The Morgan fingerprint density at radius 2 is 1.95 bits per heavy atom. The van der Waals surface area contributed by atoms with Crippen LogP contribution < -0.4 is 0 Å². The fourth-order valence-electron chi connectivity index (χ4n) is 2.68. The van der Waals surface area contributed by atoms with Gasteiger partial charge >= 0.3 is 5.97 Å². The van der Waals surface area contributed by atoms with Crippen LogP contribution in [0.4, 0.5) is 0 Å². The molecule has 2 rings (SSSR count). The third-order valence-electron chi connectivity index (χ3n) is 3.62. The normalized spacial score (nSPS) is 21.6. The summed E-state index contributed by atoms with van der Waals surface area (Å²) in [5.41, 5.74) is -1.06. The van der Waals surface area contributed by atoms with Crippen LogP contribution in [0.3, 0.4) is 0 Å². The maximum atomic E-state index is 12.6. The second-order valence-corrected chi connectivity index (χ2v) is 5.86. The van der Waals surface area contributed by atoms with E-state index in [2.05, 4.69) is 0 Å². The van der Waals surface area contributed by atoms with Crippen LogP contribution in [0.25, 0.3) is 0 Å². The van der Waals surface area contributed by atoms with Crippen molar-refractivity contribution in [3.63, 3.8) is 0 Å². The monoisotopic (exact) mass is 331 g/mol. The highest BCUT2D eigenvalue weighted by molar-refractivity contribution is 6.35. The molecular weight excluding hydrogens is 317 g/mol. The number of ether oxygens (including phenoxy) is 1. The molecule has 1 heterocycles. The number of carboxylic acids is 1. The molecule has 1 unspecified atom stereocenters. The molecule has 5 nitrogen and oxygen atoms in total. The van der Waals surface area contributed by atoms with E-state index in [1.807, 2.05) is 0 Å². The van der Waals surface area contributed by atoms with Crippen molar-refractivity contribution in [3.05, 3.63) is 33.8 Å². The van der Waals surface area contributed by atoms with Crippen LogP contribution in [-0.2, 0) is 9.53 Å². The largest absolute Gasteiger partial charge is 0.479 e. The number of likely N-dealkylation sites (tertiary alicyclic amines) is 1. The summed E-state index contributed by atoms with van der Waals surface area (Å²) < 4.78 is 5.03. The average Bonchev–Trinajstić information content (AvgIpc) is 2.82. The molecule has 0 aliphatic carbocycles. The number of amides is 1. The molecule has 1 fully saturated rings. The van der Waals surface area contributed by atoms with Gasteiger partial charge in [-0.25, -0.2) is 4.79 Å². The molecule has 114 valence electrons. The van der Waals surface area contributed by atoms with Crippen LogP contribution in [-0.4, -0.2) is 47.7 Å². The first-order valence-corrected chi connectivity index (χ1v) is 7.17. The molecule has 1 aromatic rings. The fraction of sp³-hybridized carbons (Fsp3) is 0.429. The highest BCUT2D eigenvalue weighted by Gasteiger charge is 2.50. The Bertz CT molecular complexity index is 558. The fourth-order valence-corrected chi connectivity index (χ4v) is 3.21. The van der Waals surface area contributed by atoms with Crippen molar-refractivity contribution in [1.29, 1.82) is 0 Å². The van der Waals surface area contributed by atoms with Gasteiger partial charge in [-0.15, -0.1) is 0 Å². The van der Waals surface area contributed by atoms with E-state index < -0.39 is 17.4 Å². The first-order valence-electron chi connectivity index (χ1n) is 6.41. The van der Waals surface area contributed by atoms with Gasteiger partial charge in [0.2, 0.25) is 0 Å². The Morgan fingerprint density at radius 1 is 1.33 bits per heavy atom. The van der Waals surface area contributed by atoms with Gasteiger partial charge < -0.3 is 14.7 Å². The number of benzene rings is 1. The predicted molar refractivity (Wildman–Crippen MR) is 79.0 cm³/mol. The van der Waals surface area contributed by atoms with Crippen LogP contribution in [0, 0.1) is 0 Å². The van der Waals surface area contributed by atoms with Crippen molar-refractivity contribution in [2.45, 2.75) is 18.4 Å². The summed E-state index contributed by atoms with van der Waals surface area (Å²) in [5, 5.41) is 10.2. The first-order chi connectivity index (χ1) is 9.90. The van der Waals surface area contributed by atoms with Crippen LogP contribution in [0.15, 0.2) is 18.2 Å². The minimum atomic E-state index is -1.33. The molecule has 0 aromatic heterocycles. The Labute approximate surface area is 132 Å². The van der Waals surface area contributed by atoms with Gasteiger partial charge in [0.25, 0.3) is 5.91 Å². The summed E-state index contributed by atoms with van der Waals surface area (Å²) in [7, 11) is 1.42. The number of hydrogen-bond acceptors (Lipinski definition) is 3. The van der Waals surface area contributed by atoms with E-state index in [4.69, 9.17) is 27.9 Å². The zero-order valence-electron chi connectivity index (χ0n) is 11.4. The summed E-state index contributed by atoms with van der Waals surface area (Å²) in [6.07, 6.45) is 0.964. The van der Waals surface area contributed by atoms with Gasteiger partial charge in [0.1, 0.15) is 0 Å². The third-order valence-corrected chi connectivity index (χ3v) is 4.06. The van der Waals surface area contributed by atoms with E-state index >= 15 is 0 Å².